The number of carbonyl (C=O) groups is 2. The number of nitrogens with zero attached hydrogens (tertiary/aromatic N) is 10. The van der Waals surface area contributed by atoms with Gasteiger partial charge in [0, 0.05) is 43.3 Å². The number of hydrogen-bond acceptors (Lipinski definition) is 10. The van der Waals surface area contributed by atoms with E-state index in [1.165, 1.54) is 17.1 Å². The Morgan fingerprint density at radius 2 is 1.73 bits per heavy atom. The summed E-state index contributed by atoms with van der Waals surface area (Å²) in [5.74, 6) is -0.761. The summed E-state index contributed by atoms with van der Waals surface area (Å²) in [4.78, 5) is 58.9. The van der Waals surface area contributed by atoms with Crippen LogP contribution < -0.4 is 20.5 Å². The van der Waals surface area contributed by atoms with Crippen LogP contribution in [0.4, 0.5) is 33.3 Å². The zero-order valence-corrected chi connectivity index (χ0v) is 34.4. The third-order valence-corrected chi connectivity index (χ3v) is 10.8. The summed E-state index contributed by atoms with van der Waals surface area (Å²) in [6, 6.07) is 16.9. The molecule has 5 heterocycles. The zero-order valence-electron chi connectivity index (χ0n) is 33.6. The Hall–Kier alpha value is -6.96. The Bertz CT molecular complexity index is 2910. The molecule has 0 spiro atoms. The van der Waals surface area contributed by atoms with Gasteiger partial charge in [0.05, 0.1) is 33.2 Å². The van der Waals surface area contributed by atoms with Crippen molar-refractivity contribution in [1.82, 2.24) is 43.8 Å². The van der Waals surface area contributed by atoms with E-state index in [-0.39, 0.29) is 84.6 Å². The van der Waals surface area contributed by atoms with Crippen molar-refractivity contribution in [3.63, 3.8) is 0 Å². The van der Waals surface area contributed by atoms with Crippen LogP contribution in [-0.2, 0) is 37.1 Å². The number of alkyl halides is 5. The molecule has 0 bridgehead atoms. The first-order valence-electron chi connectivity index (χ1n) is 19.7. The summed E-state index contributed by atoms with van der Waals surface area (Å²) >= 11 is 6.17. The van der Waals surface area contributed by atoms with Gasteiger partial charge in [-0.25, -0.2) is 18.7 Å². The first kappa shape index (κ1) is 42.7. The molecule has 326 valence electrons. The minimum Gasteiger partial charge on any atom is -0.485 e. The van der Waals surface area contributed by atoms with Crippen LogP contribution in [0, 0.1) is 6.92 Å². The number of benzene rings is 3. The summed E-state index contributed by atoms with van der Waals surface area (Å²) in [6.07, 6.45) is -4.31. The predicted molar refractivity (Wildman–Crippen MR) is 222 cm³/mol. The van der Waals surface area contributed by atoms with Gasteiger partial charge in [-0.3, -0.25) is 19.1 Å². The molecule has 0 aliphatic carbocycles. The fraction of sp³-hybridized carbons (Fsp3) is 0.286. The fourth-order valence-electron chi connectivity index (χ4n) is 7.43. The highest BCUT2D eigenvalue weighted by atomic mass is 35.5. The molecule has 3 aromatic carbocycles. The van der Waals surface area contributed by atoms with Gasteiger partial charge in [-0.1, -0.05) is 48.9 Å². The molecule has 0 radical (unpaired) electrons. The molecule has 1 N–H and O–H groups in total. The molecule has 1 fully saturated rings. The normalized spacial score (nSPS) is 13.3. The second kappa shape index (κ2) is 17.4. The summed E-state index contributed by atoms with van der Waals surface area (Å²) in [7, 11) is 0. The molecule has 1 aliphatic heterocycles. The number of nitrogens with one attached hydrogen (secondary N) is 1. The first-order valence-corrected chi connectivity index (χ1v) is 20.0. The molecular weight excluding hydrogens is 853 g/mol. The minimum absolute atomic E-state index is 0.0197. The molecule has 0 unspecified atom stereocenters. The topological polar surface area (TPSA) is 158 Å². The number of piperazine rings is 1. The van der Waals surface area contributed by atoms with E-state index in [4.69, 9.17) is 16.3 Å². The summed E-state index contributed by atoms with van der Waals surface area (Å²) in [6.45, 7) is 3.36. The molecule has 15 nitrogen and oxygen atoms in total. The van der Waals surface area contributed by atoms with Crippen molar-refractivity contribution in [3.05, 3.63) is 123 Å². The molecule has 7 aromatic rings. The van der Waals surface area contributed by atoms with E-state index >= 15 is 0 Å². The lowest BCUT2D eigenvalue weighted by Crippen LogP contribution is -2.51. The quantitative estimate of drug-likeness (QED) is 0.131. The maximum atomic E-state index is 14.6. The summed E-state index contributed by atoms with van der Waals surface area (Å²) in [5.41, 5.74) is 1.32. The number of aryl methyl sites for hydroxylation is 1. The van der Waals surface area contributed by atoms with Gasteiger partial charge >= 0.3 is 6.18 Å². The molecule has 4 aromatic heterocycles. The molecule has 8 rings (SSSR count). The van der Waals surface area contributed by atoms with Crippen molar-refractivity contribution in [2.45, 2.75) is 52.6 Å². The fourth-order valence-corrected chi connectivity index (χ4v) is 7.66. The standard InChI is InChI=1S/C42H37ClF5N11O4/c1-3-32-36(55-13-15-56(16-14-55)39(61)35-37(24(2)49-23-50-35)63-22-25-7-5-4-6-8-25)40(62)59-41(58(32)21-34(60)51-31-12-10-28(18-29(31)43)42(46,47)48)52-38(54-59)26-9-11-30-27(17-26)19-57(53-30)20-33(44)45/h4-12,17-19,23,33H,3,13-16,20-22H2,1-2H3,(H,51,60). The van der Waals surface area contributed by atoms with E-state index in [1.54, 1.807) is 41.8 Å². The maximum Gasteiger partial charge on any atom is 0.416 e. The highest BCUT2D eigenvalue weighted by Gasteiger charge is 2.33. The lowest BCUT2D eigenvalue weighted by Gasteiger charge is -2.36. The van der Waals surface area contributed by atoms with Crippen LogP contribution in [0.15, 0.2) is 84.0 Å². The van der Waals surface area contributed by atoms with Crippen molar-refractivity contribution >= 4 is 51.5 Å². The van der Waals surface area contributed by atoms with Crippen LogP contribution in [0.25, 0.3) is 28.1 Å². The molecule has 0 saturated carbocycles. The number of anilines is 2. The van der Waals surface area contributed by atoms with Crippen LogP contribution in [0.5, 0.6) is 5.75 Å². The number of fused-ring (bicyclic) bond motifs is 2. The van der Waals surface area contributed by atoms with E-state index in [1.807, 2.05) is 30.3 Å². The van der Waals surface area contributed by atoms with Crippen molar-refractivity contribution in [3.8, 4) is 17.1 Å². The molecule has 63 heavy (non-hydrogen) atoms. The smallest absolute Gasteiger partial charge is 0.416 e. The number of amides is 2. The van der Waals surface area contributed by atoms with Crippen LogP contribution in [0.2, 0.25) is 5.02 Å². The summed E-state index contributed by atoms with van der Waals surface area (Å²) < 4.78 is 76.0. The average molecular weight is 890 g/mol. The van der Waals surface area contributed by atoms with Gasteiger partial charge < -0.3 is 24.4 Å². The van der Waals surface area contributed by atoms with E-state index in [2.05, 4.69) is 30.5 Å². The lowest BCUT2D eigenvalue weighted by molar-refractivity contribution is -0.137. The lowest BCUT2D eigenvalue weighted by atomic mass is 10.1. The SMILES string of the molecule is CCc1c(N2CCN(C(=O)c3ncnc(C)c3OCc3ccccc3)CC2)c(=O)n2nc(-c3ccc4nn(CC(F)F)cc4c3)nc2n1CC(=O)Nc1ccc(C(F)(F)F)cc1Cl. The van der Waals surface area contributed by atoms with Gasteiger partial charge in [-0.2, -0.15) is 27.8 Å². The second-order valence-corrected chi connectivity index (χ2v) is 15.0. The van der Waals surface area contributed by atoms with Crippen molar-refractivity contribution in [2.75, 3.05) is 36.4 Å². The monoisotopic (exact) mass is 889 g/mol. The van der Waals surface area contributed by atoms with Crippen LogP contribution >= 0.6 is 11.6 Å². The largest absolute Gasteiger partial charge is 0.485 e. The van der Waals surface area contributed by atoms with Gasteiger partial charge in [0.1, 0.15) is 31.7 Å². The van der Waals surface area contributed by atoms with Gasteiger partial charge in [-0.05, 0) is 55.3 Å². The molecule has 0 atom stereocenters. The average Bonchev–Trinajstić information content (AvgIpc) is 3.89. The Morgan fingerprint density at radius 1 is 0.968 bits per heavy atom. The number of carbonyl (C=O) groups excluding carboxylic acids is 2. The highest BCUT2D eigenvalue weighted by molar-refractivity contribution is 6.33. The molecule has 2 amide bonds. The summed E-state index contributed by atoms with van der Waals surface area (Å²) in [5, 5.41) is 11.5. The number of halogens is 6. The Balaban J connectivity index is 1.12. The van der Waals surface area contributed by atoms with E-state index in [0.717, 1.165) is 26.9 Å². The van der Waals surface area contributed by atoms with Crippen LogP contribution in [0.3, 0.4) is 0 Å². The zero-order chi connectivity index (χ0) is 44.6. The van der Waals surface area contributed by atoms with Crippen molar-refractivity contribution in [1.29, 1.82) is 0 Å². The molecule has 1 saturated heterocycles. The highest BCUT2D eigenvalue weighted by Crippen LogP contribution is 2.34. The Morgan fingerprint density at radius 3 is 2.43 bits per heavy atom. The van der Waals surface area contributed by atoms with Gasteiger partial charge in [-0.15, -0.1) is 5.10 Å². The number of rotatable bonds is 12. The van der Waals surface area contributed by atoms with E-state index in [9.17, 15) is 36.3 Å². The Labute approximate surface area is 359 Å². The predicted octanol–water partition coefficient (Wildman–Crippen LogP) is 6.69. The Kier molecular flexibility index (Phi) is 11.8. The first-order chi connectivity index (χ1) is 30.2. The van der Waals surface area contributed by atoms with Gasteiger partial charge in [0.15, 0.2) is 17.3 Å². The molecular formula is C42H37ClF5N11O4. The molecule has 21 heteroatoms. The van der Waals surface area contributed by atoms with Gasteiger partial charge in [0.2, 0.25) is 11.7 Å². The third-order valence-electron chi connectivity index (χ3n) is 10.5. The minimum atomic E-state index is -4.66. The molecule has 1 aliphatic rings. The van der Waals surface area contributed by atoms with Crippen molar-refractivity contribution in [2.24, 2.45) is 0 Å². The van der Waals surface area contributed by atoms with E-state index < -0.39 is 42.7 Å². The maximum absolute atomic E-state index is 14.6. The van der Waals surface area contributed by atoms with Crippen LogP contribution in [-0.4, -0.2) is 88.2 Å². The van der Waals surface area contributed by atoms with Crippen molar-refractivity contribution < 1.29 is 36.3 Å². The second-order valence-electron chi connectivity index (χ2n) is 14.6. The van der Waals surface area contributed by atoms with Crippen LogP contribution in [0.1, 0.15) is 39.9 Å². The number of hydrogen-bond donors (Lipinski definition) is 1. The third kappa shape index (κ3) is 8.88. The van der Waals surface area contributed by atoms with E-state index in [0.29, 0.717) is 33.9 Å². The number of ether oxygens (including phenoxy) is 1. The number of aromatic nitrogens is 8. The van der Waals surface area contributed by atoms with Gasteiger partial charge in [0.25, 0.3) is 17.9 Å².